The van der Waals surface area contributed by atoms with Crippen molar-refractivity contribution in [2.24, 2.45) is 5.92 Å². The zero-order chi connectivity index (χ0) is 23.5. The van der Waals surface area contributed by atoms with Gasteiger partial charge in [-0.25, -0.2) is 0 Å². The molecule has 0 amide bonds. The van der Waals surface area contributed by atoms with E-state index in [1.165, 1.54) is 103 Å². The van der Waals surface area contributed by atoms with Crippen LogP contribution in [0.1, 0.15) is 155 Å². The smallest absolute Gasteiger partial charge is 0.306 e. The molecule has 2 nitrogen and oxygen atoms in total. The monoisotopic (exact) mass is 448 g/mol. The molecule has 0 heterocycles. The largest absolute Gasteiger partial charge is 0.481 e. The van der Waals surface area contributed by atoms with Crippen LogP contribution < -0.4 is 0 Å². The van der Waals surface area contributed by atoms with Crippen LogP contribution in [0.15, 0.2) is 24.3 Å². The summed E-state index contributed by atoms with van der Waals surface area (Å²) in [6.07, 6.45) is 36.1. The van der Waals surface area contributed by atoms with Gasteiger partial charge >= 0.3 is 5.97 Å². The maximum absolute atomic E-state index is 11.5. The summed E-state index contributed by atoms with van der Waals surface area (Å²) in [5.41, 5.74) is 0. The quantitative estimate of drug-likeness (QED) is 0.111. The number of hydrogen-bond acceptors (Lipinski definition) is 1. The van der Waals surface area contributed by atoms with Crippen molar-refractivity contribution < 1.29 is 9.90 Å². The highest BCUT2D eigenvalue weighted by molar-refractivity contribution is 5.69. The third-order valence-electron chi connectivity index (χ3n) is 6.51. The van der Waals surface area contributed by atoms with Crippen molar-refractivity contribution in [1.29, 1.82) is 0 Å². The Kier molecular flexibility index (Phi) is 25.3. The van der Waals surface area contributed by atoms with Crippen molar-refractivity contribution in [3.8, 4) is 0 Å². The molecule has 0 saturated carbocycles. The van der Waals surface area contributed by atoms with Crippen LogP contribution in [-0.2, 0) is 4.79 Å². The van der Waals surface area contributed by atoms with Gasteiger partial charge in [0.25, 0.3) is 0 Å². The van der Waals surface area contributed by atoms with Gasteiger partial charge in [0.15, 0.2) is 0 Å². The SMILES string of the molecule is CCCCC/C=C\C/C=C\CCCCCCC(CCCCCCCCCCCC)C(=O)O. The number of aliphatic carboxylic acids is 1. The van der Waals surface area contributed by atoms with Gasteiger partial charge in [0, 0.05) is 0 Å². The Hall–Kier alpha value is -1.05. The van der Waals surface area contributed by atoms with Crippen LogP contribution in [0, 0.1) is 5.92 Å². The van der Waals surface area contributed by atoms with Gasteiger partial charge in [0.2, 0.25) is 0 Å². The summed E-state index contributed by atoms with van der Waals surface area (Å²) in [6.45, 7) is 4.51. The molecule has 0 aliphatic rings. The van der Waals surface area contributed by atoms with Crippen molar-refractivity contribution in [3.63, 3.8) is 0 Å². The Morgan fingerprint density at radius 2 is 0.938 bits per heavy atom. The summed E-state index contributed by atoms with van der Waals surface area (Å²) >= 11 is 0. The van der Waals surface area contributed by atoms with Gasteiger partial charge in [-0.15, -0.1) is 0 Å². The van der Waals surface area contributed by atoms with Crippen LogP contribution in [0.4, 0.5) is 0 Å². The molecule has 1 unspecified atom stereocenters. The standard InChI is InChI=1S/C30H56O2/c1-3-5-7-9-11-13-15-16-17-18-20-22-24-26-28-29(30(31)32)27-25-23-21-19-14-12-10-8-6-4-2/h11,13,16-17,29H,3-10,12,14-15,18-28H2,1-2H3,(H,31,32)/b13-11-,17-16-. The fourth-order valence-electron chi connectivity index (χ4n) is 4.29. The molecule has 0 radical (unpaired) electrons. The fourth-order valence-corrected chi connectivity index (χ4v) is 4.29. The molecule has 0 aromatic rings. The van der Waals surface area contributed by atoms with E-state index < -0.39 is 5.97 Å². The lowest BCUT2D eigenvalue weighted by molar-refractivity contribution is -0.142. The summed E-state index contributed by atoms with van der Waals surface area (Å²) in [5, 5.41) is 9.51. The van der Waals surface area contributed by atoms with Gasteiger partial charge in [-0.1, -0.05) is 134 Å². The summed E-state index contributed by atoms with van der Waals surface area (Å²) < 4.78 is 0. The third kappa shape index (κ3) is 23.6. The van der Waals surface area contributed by atoms with Crippen molar-refractivity contribution in [3.05, 3.63) is 24.3 Å². The van der Waals surface area contributed by atoms with Crippen LogP contribution in [0.25, 0.3) is 0 Å². The highest BCUT2D eigenvalue weighted by atomic mass is 16.4. The minimum atomic E-state index is -0.577. The van der Waals surface area contributed by atoms with E-state index in [2.05, 4.69) is 38.2 Å². The number of hydrogen-bond donors (Lipinski definition) is 1. The van der Waals surface area contributed by atoms with Crippen molar-refractivity contribution in [2.45, 2.75) is 155 Å². The van der Waals surface area contributed by atoms with E-state index in [0.717, 1.165) is 38.5 Å². The number of carbonyl (C=O) groups is 1. The van der Waals surface area contributed by atoms with Gasteiger partial charge in [-0.3, -0.25) is 4.79 Å². The zero-order valence-corrected chi connectivity index (χ0v) is 21.8. The van der Waals surface area contributed by atoms with Crippen molar-refractivity contribution in [1.82, 2.24) is 0 Å². The van der Waals surface area contributed by atoms with Crippen LogP contribution in [0.5, 0.6) is 0 Å². The van der Waals surface area contributed by atoms with Crippen molar-refractivity contribution in [2.75, 3.05) is 0 Å². The molecular weight excluding hydrogens is 392 g/mol. The number of carboxylic acids is 1. The normalized spacial score (nSPS) is 12.8. The molecule has 0 fully saturated rings. The predicted molar refractivity (Wildman–Crippen MR) is 142 cm³/mol. The highest BCUT2D eigenvalue weighted by Gasteiger charge is 2.16. The van der Waals surface area contributed by atoms with Gasteiger partial charge in [0.1, 0.15) is 0 Å². The molecular formula is C30H56O2. The predicted octanol–water partition coefficient (Wildman–Crippen LogP) is 10.4. The molecule has 1 atom stereocenters. The Morgan fingerprint density at radius 1 is 0.562 bits per heavy atom. The molecule has 0 rings (SSSR count). The molecule has 0 bridgehead atoms. The summed E-state index contributed by atoms with van der Waals surface area (Å²) in [4.78, 5) is 11.5. The molecule has 0 saturated heterocycles. The fraction of sp³-hybridized carbons (Fsp3) is 0.833. The molecule has 0 aromatic heterocycles. The Morgan fingerprint density at radius 3 is 1.41 bits per heavy atom. The highest BCUT2D eigenvalue weighted by Crippen LogP contribution is 2.19. The maximum Gasteiger partial charge on any atom is 0.306 e. The molecule has 1 N–H and O–H groups in total. The van der Waals surface area contributed by atoms with Crippen LogP contribution in [-0.4, -0.2) is 11.1 Å². The first-order valence-electron chi connectivity index (χ1n) is 14.2. The van der Waals surface area contributed by atoms with Gasteiger partial charge in [-0.2, -0.15) is 0 Å². The number of unbranched alkanes of at least 4 members (excludes halogenated alkanes) is 16. The van der Waals surface area contributed by atoms with E-state index in [1.54, 1.807) is 0 Å². The Bertz CT molecular complexity index is 438. The Balaban J connectivity index is 3.53. The van der Waals surface area contributed by atoms with E-state index in [4.69, 9.17) is 0 Å². The average molecular weight is 449 g/mol. The van der Waals surface area contributed by atoms with Crippen molar-refractivity contribution >= 4 is 5.97 Å². The molecule has 0 aliphatic carbocycles. The minimum absolute atomic E-state index is 0.118. The molecule has 0 aliphatic heterocycles. The average Bonchev–Trinajstić information content (AvgIpc) is 2.78. The lowest BCUT2D eigenvalue weighted by Gasteiger charge is -2.12. The van der Waals surface area contributed by atoms with Gasteiger partial charge < -0.3 is 5.11 Å². The summed E-state index contributed by atoms with van der Waals surface area (Å²) in [5.74, 6) is -0.695. The maximum atomic E-state index is 11.5. The topological polar surface area (TPSA) is 37.3 Å². The number of allylic oxidation sites excluding steroid dienone is 4. The van der Waals surface area contributed by atoms with E-state index in [1.807, 2.05) is 0 Å². The van der Waals surface area contributed by atoms with Gasteiger partial charge in [-0.05, 0) is 44.9 Å². The van der Waals surface area contributed by atoms with E-state index in [0.29, 0.717) is 0 Å². The molecule has 188 valence electrons. The molecule has 32 heavy (non-hydrogen) atoms. The first-order valence-corrected chi connectivity index (χ1v) is 14.2. The first-order chi connectivity index (χ1) is 15.7. The third-order valence-corrected chi connectivity index (χ3v) is 6.51. The first kappa shape index (κ1) is 30.9. The van der Waals surface area contributed by atoms with E-state index in [9.17, 15) is 9.90 Å². The van der Waals surface area contributed by atoms with E-state index >= 15 is 0 Å². The van der Waals surface area contributed by atoms with Crippen LogP contribution >= 0.6 is 0 Å². The number of rotatable bonds is 25. The van der Waals surface area contributed by atoms with Crippen LogP contribution in [0.2, 0.25) is 0 Å². The summed E-state index contributed by atoms with van der Waals surface area (Å²) in [7, 11) is 0. The number of carboxylic acid groups (broad SMARTS) is 1. The van der Waals surface area contributed by atoms with Gasteiger partial charge in [0.05, 0.1) is 5.92 Å². The lowest BCUT2D eigenvalue weighted by Crippen LogP contribution is -2.13. The minimum Gasteiger partial charge on any atom is -0.481 e. The lowest BCUT2D eigenvalue weighted by atomic mass is 9.94. The zero-order valence-electron chi connectivity index (χ0n) is 21.8. The second-order valence-corrected chi connectivity index (χ2v) is 9.67. The molecule has 2 heteroatoms. The second-order valence-electron chi connectivity index (χ2n) is 9.67. The molecule has 0 spiro atoms. The second kappa shape index (κ2) is 26.2. The summed E-state index contributed by atoms with van der Waals surface area (Å²) in [6, 6.07) is 0. The molecule has 0 aromatic carbocycles. The van der Waals surface area contributed by atoms with Crippen LogP contribution in [0.3, 0.4) is 0 Å². The Labute approximate surface area is 201 Å². The van der Waals surface area contributed by atoms with E-state index in [-0.39, 0.29) is 5.92 Å².